The van der Waals surface area contributed by atoms with E-state index in [4.69, 9.17) is 16.3 Å². The molecule has 100 valence electrons. The summed E-state index contributed by atoms with van der Waals surface area (Å²) in [5.41, 5.74) is 0.355. The van der Waals surface area contributed by atoms with Gasteiger partial charge in [-0.05, 0) is 36.3 Å². The molecule has 0 aromatic heterocycles. The fourth-order valence-electron chi connectivity index (χ4n) is 2.50. The predicted molar refractivity (Wildman–Crippen MR) is 67.8 cm³/mol. The van der Waals surface area contributed by atoms with Crippen LogP contribution in [-0.2, 0) is 11.2 Å². The fourth-order valence-corrected chi connectivity index (χ4v) is 3.04. The van der Waals surface area contributed by atoms with Gasteiger partial charge in [0.25, 0.3) is 0 Å². The molecular formula is C14H17ClF2O. The van der Waals surface area contributed by atoms with E-state index < -0.39 is 11.6 Å². The van der Waals surface area contributed by atoms with Gasteiger partial charge in [0.05, 0.1) is 0 Å². The molecule has 1 heterocycles. The van der Waals surface area contributed by atoms with Crippen molar-refractivity contribution in [3.05, 3.63) is 35.4 Å². The second kappa shape index (κ2) is 5.98. The highest BCUT2D eigenvalue weighted by Gasteiger charge is 2.29. The summed E-state index contributed by atoms with van der Waals surface area (Å²) in [6.45, 7) is 3.48. The van der Waals surface area contributed by atoms with E-state index in [2.05, 4.69) is 6.92 Å². The number of alkyl halides is 1. The molecule has 0 bridgehead atoms. The molecule has 0 radical (unpaired) electrons. The van der Waals surface area contributed by atoms with E-state index >= 15 is 0 Å². The van der Waals surface area contributed by atoms with E-state index in [9.17, 15) is 8.78 Å². The van der Waals surface area contributed by atoms with Crippen LogP contribution in [0.3, 0.4) is 0 Å². The van der Waals surface area contributed by atoms with Crippen LogP contribution in [0, 0.1) is 23.5 Å². The monoisotopic (exact) mass is 274 g/mol. The summed E-state index contributed by atoms with van der Waals surface area (Å²) in [4.78, 5) is 0. The highest BCUT2D eigenvalue weighted by molar-refractivity contribution is 6.20. The molecule has 1 aliphatic heterocycles. The van der Waals surface area contributed by atoms with Crippen molar-refractivity contribution >= 4 is 11.6 Å². The Hall–Kier alpha value is -0.670. The van der Waals surface area contributed by atoms with Gasteiger partial charge in [0.1, 0.15) is 0 Å². The number of rotatable bonds is 3. The summed E-state index contributed by atoms with van der Waals surface area (Å²) in [7, 11) is 0. The molecule has 1 nitrogen and oxygen atoms in total. The van der Waals surface area contributed by atoms with Crippen LogP contribution in [0.25, 0.3) is 0 Å². The molecule has 3 unspecified atom stereocenters. The minimum Gasteiger partial charge on any atom is -0.381 e. The van der Waals surface area contributed by atoms with Gasteiger partial charge < -0.3 is 4.74 Å². The van der Waals surface area contributed by atoms with Gasteiger partial charge in [0, 0.05) is 18.6 Å². The quantitative estimate of drug-likeness (QED) is 0.762. The molecule has 1 aliphatic rings. The van der Waals surface area contributed by atoms with Crippen LogP contribution in [0.5, 0.6) is 0 Å². The van der Waals surface area contributed by atoms with Gasteiger partial charge in [0.2, 0.25) is 0 Å². The van der Waals surface area contributed by atoms with Crippen molar-refractivity contribution in [1.82, 2.24) is 0 Å². The number of halogens is 3. The van der Waals surface area contributed by atoms with Crippen LogP contribution in [0.1, 0.15) is 18.9 Å². The summed E-state index contributed by atoms with van der Waals surface area (Å²) < 4.78 is 32.0. The molecule has 0 spiro atoms. The van der Waals surface area contributed by atoms with Gasteiger partial charge in [-0.15, -0.1) is 11.6 Å². The van der Waals surface area contributed by atoms with Gasteiger partial charge in [-0.2, -0.15) is 0 Å². The lowest BCUT2D eigenvalue weighted by atomic mass is 9.84. The number of hydrogen-bond acceptors (Lipinski definition) is 1. The molecule has 18 heavy (non-hydrogen) atoms. The SMILES string of the molecule is CC1COCCC1C(Cl)Cc1cccc(F)c1F. The molecular weight excluding hydrogens is 258 g/mol. The molecule has 4 heteroatoms. The van der Waals surface area contributed by atoms with E-state index in [1.807, 2.05) is 0 Å². The van der Waals surface area contributed by atoms with E-state index in [0.29, 0.717) is 37.0 Å². The first-order chi connectivity index (χ1) is 8.59. The Kier molecular flexibility index (Phi) is 4.57. The van der Waals surface area contributed by atoms with Crippen molar-refractivity contribution in [3.63, 3.8) is 0 Å². The van der Waals surface area contributed by atoms with Crippen LogP contribution in [-0.4, -0.2) is 18.6 Å². The van der Waals surface area contributed by atoms with Crippen LogP contribution in [0.2, 0.25) is 0 Å². The van der Waals surface area contributed by atoms with Crippen LogP contribution in [0.15, 0.2) is 18.2 Å². The summed E-state index contributed by atoms with van der Waals surface area (Å²) in [6, 6.07) is 4.24. The fraction of sp³-hybridized carbons (Fsp3) is 0.571. The Labute approximate surface area is 111 Å². The molecule has 0 saturated carbocycles. The maximum Gasteiger partial charge on any atom is 0.162 e. The highest BCUT2D eigenvalue weighted by Crippen LogP contribution is 2.30. The van der Waals surface area contributed by atoms with Gasteiger partial charge in [0.15, 0.2) is 11.6 Å². The van der Waals surface area contributed by atoms with Crippen molar-refractivity contribution in [2.75, 3.05) is 13.2 Å². The Morgan fingerprint density at radius 1 is 1.44 bits per heavy atom. The number of benzene rings is 1. The van der Waals surface area contributed by atoms with E-state index in [1.54, 1.807) is 6.07 Å². The summed E-state index contributed by atoms with van der Waals surface area (Å²) in [5, 5.41) is -0.180. The van der Waals surface area contributed by atoms with Crippen LogP contribution in [0.4, 0.5) is 8.78 Å². The van der Waals surface area contributed by atoms with E-state index in [-0.39, 0.29) is 5.38 Å². The third-order valence-corrected chi connectivity index (χ3v) is 4.10. The first-order valence-electron chi connectivity index (χ1n) is 6.24. The molecule has 1 aromatic carbocycles. The van der Waals surface area contributed by atoms with Crippen LogP contribution >= 0.6 is 11.6 Å². The standard InChI is InChI=1S/C14H17ClF2O/c1-9-8-18-6-5-11(9)12(15)7-10-3-2-4-13(16)14(10)17/h2-4,9,11-12H,5-8H2,1H3. The second-order valence-electron chi connectivity index (χ2n) is 4.94. The van der Waals surface area contributed by atoms with Gasteiger partial charge in [-0.3, -0.25) is 0 Å². The lowest BCUT2D eigenvalue weighted by Gasteiger charge is -2.32. The van der Waals surface area contributed by atoms with Crippen molar-refractivity contribution in [2.45, 2.75) is 25.1 Å². The Balaban J connectivity index is 2.06. The lowest BCUT2D eigenvalue weighted by molar-refractivity contribution is 0.0229. The molecule has 0 N–H and O–H groups in total. The Morgan fingerprint density at radius 2 is 2.22 bits per heavy atom. The summed E-state index contributed by atoms with van der Waals surface area (Å²) in [5.74, 6) is -0.930. The molecule has 3 atom stereocenters. The average molecular weight is 275 g/mol. The Morgan fingerprint density at radius 3 is 2.94 bits per heavy atom. The third kappa shape index (κ3) is 3.01. The number of hydrogen-bond donors (Lipinski definition) is 0. The zero-order valence-corrected chi connectivity index (χ0v) is 11.1. The van der Waals surface area contributed by atoms with Gasteiger partial charge >= 0.3 is 0 Å². The van der Waals surface area contributed by atoms with Crippen LogP contribution < -0.4 is 0 Å². The largest absolute Gasteiger partial charge is 0.381 e. The van der Waals surface area contributed by atoms with Crippen molar-refractivity contribution in [1.29, 1.82) is 0 Å². The number of ether oxygens (including phenoxy) is 1. The molecule has 1 aromatic rings. The Bertz CT molecular complexity index is 411. The summed E-state index contributed by atoms with van der Waals surface area (Å²) in [6.07, 6.45) is 1.24. The van der Waals surface area contributed by atoms with E-state index in [1.165, 1.54) is 6.07 Å². The topological polar surface area (TPSA) is 9.23 Å². The highest BCUT2D eigenvalue weighted by atomic mass is 35.5. The van der Waals surface area contributed by atoms with E-state index in [0.717, 1.165) is 12.5 Å². The molecule has 1 fully saturated rings. The van der Waals surface area contributed by atoms with Crippen molar-refractivity contribution in [2.24, 2.45) is 11.8 Å². The van der Waals surface area contributed by atoms with Gasteiger partial charge in [-0.25, -0.2) is 8.78 Å². The zero-order chi connectivity index (χ0) is 13.1. The molecule has 0 aliphatic carbocycles. The smallest absolute Gasteiger partial charge is 0.162 e. The van der Waals surface area contributed by atoms with Gasteiger partial charge in [-0.1, -0.05) is 19.1 Å². The first-order valence-corrected chi connectivity index (χ1v) is 6.68. The maximum absolute atomic E-state index is 13.6. The molecule has 2 rings (SSSR count). The molecule has 1 saturated heterocycles. The second-order valence-corrected chi connectivity index (χ2v) is 5.50. The zero-order valence-electron chi connectivity index (χ0n) is 10.3. The summed E-state index contributed by atoms with van der Waals surface area (Å²) >= 11 is 6.37. The van der Waals surface area contributed by atoms with Crippen molar-refractivity contribution in [3.8, 4) is 0 Å². The maximum atomic E-state index is 13.6. The average Bonchev–Trinajstić information content (AvgIpc) is 2.35. The van der Waals surface area contributed by atoms with Crippen molar-refractivity contribution < 1.29 is 13.5 Å². The normalized spacial score (nSPS) is 26.0. The molecule has 0 amide bonds. The predicted octanol–water partition coefficient (Wildman–Crippen LogP) is 3.79. The minimum atomic E-state index is -0.809. The lowest BCUT2D eigenvalue weighted by Crippen LogP contribution is -2.32. The minimum absolute atomic E-state index is 0.180. The first kappa shape index (κ1) is 13.8. The third-order valence-electron chi connectivity index (χ3n) is 3.62.